The standard InChI is InChI=1S/C25H35ClO5/c1-24(2,3)31-17-21(28)16-30-23-12-8-19(9-13-23)25(4,5)18-6-10-22(11-7-18)29-15-20(27)14-26/h6-13,20-21,27-28H,14-17H2,1-5H3. The summed E-state index contributed by atoms with van der Waals surface area (Å²) in [6.07, 6.45) is -1.35. The molecule has 0 spiro atoms. The van der Waals surface area contributed by atoms with Gasteiger partial charge in [-0.25, -0.2) is 0 Å². The van der Waals surface area contributed by atoms with Crippen molar-refractivity contribution >= 4 is 11.6 Å². The lowest BCUT2D eigenvalue weighted by atomic mass is 9.78. The molecule has 0 aliphatic rings. The van der Waals surface area contributed by atoms with Crippen molar-refractivity contribution in [2.45, 2.75) is 57.8 Å². The van der Waals surface area contributed by atoms with E-state index in [1.54, 1.807) is 0 Å². The topological polar surface area (TPSA) is 68.2 Å². The summed E-state index contributed by atoms with van der Waals surface area (Å²) in [5, 5.41) is 19.5. The fraction of sp³-hybridized carbons (Fsp3) is 0.520. The van der Waals surface area contributed by atoms with Gasteiger partial charge < -0.3 is 24.4 Å². The van der Waals surface area contributed by atoms with E-state index in [0.29, 0.717) is 11.5 Å². The third-order valence-electron chi connectivity index (χ3n) is 4.92. The molecule has 0 radical (unpaired) electrons. The minimum absolute atomic E-state index is 0.147. The van der Waals surface area contributed by atoms with E-state index in [-0.39, 0.29) is 36.7 Å². The molecule has 2 aromatic carbocycles. The van der Waals surface area contributed by atoms with Crippen LogP contribution in [0.4, 0.5) is 0 Å². The predicted octanol–water partition coefficient (Wildman–Crippen LogP) is 4.55. The van der Waals surface area contributed by atoms with Gasteiger partial charge in [-0.05, 0) is 56.2 Å². The van der Waals surface area contributed by atoms with Gasteiger partial charge in [-0.1, -0.05) is 38.1 Å². The van der Waals surface area contributed by atoms with Crippen LogP contribution in [0.1, 0.15) is 45.7 Å². The Kier molecular flexibility index (Phi) is 9.19. The summed E-state index contributed by atoms with van der Waals surface area (Å²) in [4.78, 5) is 0. The normalized spacial score (nSPS) is 14.2. The molecule has 0 fully saturated rings. The smallest absolute Gasteiger partial charge is 0.119 e. The summed E-state index contributed by atoms with van der Waals surface area (Å²) in [6, 6.07) is 15.8. The van der Waals surface area contributed by atoms with Crippen molar-refractivity contribution < 1.29 is 24.4 Å². The Bertz CT molecular complexity index is 781. The maximum absolute atomic E-state index is 10.0. The van der Waals surface area contributed by atoms with Crippen molar-refractivity contribution in [3.8, 4) is 11.5 Å². The summed E-state index contributed by atoms with van der Waals surface area (Å²) in [5.41, 5.74) is 1.78. The molecule has 5 nitrogen and oxygen atoms in total. The molecule has 0 aliphatic heterocycles. The Balaban J connectivity index is 1.94. The first-order valence-electron chi connectivity index (χ1n) is 10.5. The number of ether oxygens (including phenoxy) is 3. The highest BCUT2D eigenvalue weighted by molar-refractivity contribution is 6.18. The van der Waals surface area contributed by atoms with E-state index in [0.717, 1.165) is 11.1 Å². The van der Waals surface area contributed by atoms with Crippen LogP contribution in [0.5, 0.6) is 11.5 Å². The molecule has 6 heteroatoms. The third-order valence-corrected chi connectivity index (χ3v) is 5.28. The van der Waals surface area contributed by atoms with Crippen molar-refractivity contribution in [3.05, 3.63) is 59.7 Å². The molecule has 0 heterocycles. The van der Waals surface area contributed by atoms with E-state index in [1.807, 2.05) is 69.3 Å². The first-order valence-corrected chi connectivity index (χ1v) is 11.1. The molecule has 2 unspecified atom stereocenters. The van der Waals surface area contributed by atoms with E-state index in [4.69, 9.17) is 25.8 Å². The summed E-state index contributed by atoms with van der Waals surface area (Å²) in [5.74, 6) is 1.55. The Labute approximate surface area is 190 Å². The molecule has 2 rings (SSSR count). The van der Waals surface area contributed by atoms with Gasteiger partial charge in [0.15, 0.2) is 0 Å². The average Bonchev–Trinajstić information content (AvgIpc) is 2.74. The number of benzene rings is 2. The van der Waals surface area contributed by atoms with Crippen LogP contribution in [0.2, 0.25) is 0 Å². The highest BCUT2D eigenvalue weighted by Crippen LogP contribution is 2.33. The van der Waals surface area contributed by atoms with Crippen LogP contribution in [0, 0.1) is 0 Å². The Morgan fingerprint density at radius 1 is 0.710 bits per heavy atom. The predicted molar refractivity (Wildman–Crippen MR) is 124 cm³/mol. The van der Waals surface area contributed by atoms with Gasteiger partial charge in [-0.15, -0.1) is 11.6 Å². The third kappa shape index (κ3) is 8.34. The maximum atomic E-state index is 10.0. The van der Waals surface area contributed by atoms with E-state index >= 15 is 0 Å². The van der Waals surface area contributed by atoms with Gasteiger partial charge in [0.05, 0.1) is 18.1 Å². The molecule has 0 aliphatic carbocycles. The second kappa shape index (κ2) is 11.2. The van der Waals surface area contributed by atoms with Crippen molar-refractivity contribution in [1.82, 2.24) is 0 Å². The summed E-state index contributed by atoms with van der Waals surface area (Å²) >= 11 is 5.59. The molecule has 0 aromatic heterocycles. The van der Waals surface area contributed by atoms with Crippen LogP contribution < -0.4 is 9.47 Å². The number of alkyl halides is 1. The largest absolute Gasteiger partial charge is 0.491 e. The Morgan fingerprint density at radius 3 is 1.52 bits per heavy atom. The zero-order valence-electron chi connectivity index (χ0n) is 19.1. The van der Waals surface area contributed by atoms with E-state index in [9.17, 15) is 10.2 Å². The molecule has 0 saturated heterocycles. The number of halogens is 1. The van der Waals surface area contributed by atoms with Gasteiger partial charge in [0, 0.05) is 5.41 Å². The highest BCUT2D eigenvalue weighted by Gasteiger charge is 2.23. The van der Waals surface area contributed by atoms with E-state index in [1.165, 1.54) is 0 Å². The van der Waals surface area contributed by atoms with Gasteiger partial charge in [0.2, 0.25) is 0 Å². The van der Waals surface area contributed by atoms with Crippen molar-refractivity contribution in [2.24, 2.45) is 0 Å². The molecule has 2 atom stereocenters. The van der Waals surface area contributed by atoms with Crippen molar-refractivity contribution in [1.29, 1.82) is 0 Å². The molecule has 172 valence electrons. The first-order chi connectivity index (χ1) is 14.5. The van der Waals surface area contributed by atoms with Crippen LogP contribution in [0.25, 0.3) is 0 Å². The molecule has 31 heavy (non-hydrogen) atoms. The van der Waals surface area contributed by atoms with Gasteiger partial charge in [0.1, 0.15) is 36.9 Å². The lowest BCUT2D eigenvalue weighted by Gasteiger charge is -2.26. The van der Waals surface area contributed by atoms with Gasteiger partial charge in [0.25, 0.3) is 0 Å². The SMILES string of the molecule is CC(C)(C)OCC(O)COc1ccc(C(C)(C)c2ccc(OCC(O)CCl)cc2)cc1. The van der Waals surface area contributed by atoms with Crippen LogP contribution >= 0.6 is 11.6 Å². The fourth-order valence-corrected chi connectivity index (χ4v) is 3.02. The zero-order chi connectivity index (χ0) is 23.1. The summed E-state index contributed by atoms with van der Waals surface area (Å²) in [7, 11) is 0. The second-order valence-electron chi connectivity index (χ2n) is 9.18. The van der Waals surface area contributed by atoms with E-state index < -0.39 is 12.2 Å². The van der Waals surface area contributed by atoms with Gasteiger partial charge >= 0.3 is 0 Å². The first kappa shape index (κ1) is 25.5. The van der Waals surface area contributed by atoms with E-state index in [2.05, 4.69) is 13.8 Å². The lowest BCUT2D eigenvalue weighted by Crippen LogP contribution is -2.29. The fourth-order valence-electron chi connectivity index (χ4n) is 2.93. The Hall–Kier alpha value is -1.79. The molecule has 2 N–H and O–H groups in total. The van der Waals surface area contributed by atoms with Crippen LogP contribution in [0.3, 0.4) is 0 Å². The molecular weight excluding hydrogens is 416 g/mol. The molecular formula is C25H35ClO5. The van der Waals surface area contributed by atoms with Crippen LogP contribution in [-0.4, -0.2) is 53.7 Å². The van der Waals surface area contributed by atoms with Gasteiger partial charge in [-0.2, -0.15) is 0 Å². The second-order valence-corrected chi connectivity index (χ2v) is 9.49. The lowest BCUT2D eigenvalue weighted by molar-refractivity contribution is -0.0586. The molecule has 0 amide bonds. The summed E-state index contributed by atoms with van der Waals surface area (Å²) < 4.78 is 16.8. The number of rotatable bonds is 11. The van der Waals surface area contributed by atoms with Crippen LogP contribution in [0.15, 0.2) is 48.5 Å². The summed E-state index contributed by atoms with van der Waals surface area (Å²) in [6.45, 7) is 10.8. The number of aliphatic hydroxyl groups is 2. The molecule has 0 saturated carbocycles. The van der Waals surface area contributed by atoms with Gasteiger partial charge in [-0.3, -0.25) is 0 Å². The Morgan fingerprint density at radius 2 is 1.13 bits per heavy atom. The van der Waals surface area contributed by atoms with Crippen molar-refractivity contribution in [2.75, 3.05) is 25.7 Å². The number of aliphatic hydroxyl groups excluding tert-OH is 2. The van der Waals surface area contributed by atoms with Crippen molar-refractivity contribution in [3.63, 3.8) is 0 Å². The molecule has 0 bridgehead atoms. The maximum Gasteiger partial charge on any atom is 0.119 e. The number of hydrogen-bond donors (Lipinski definition) is 2. The monoisotopic (exact) mass is 450 g/mol. The zero-order valence-corrected chi connectivity index (χ0v) is 19.9. The van der Waals surface area contributed by atoms with Crippen LogP contribution in [-0.2, 0) is 10.2 Å². The highest BCUT2D eigenvalue weighted by atomic mass is 35.5. The minimum atomic E-state index is -0.679. The minimum Gasteiger partial charge on any atom is -0.491 e. The average molecular weight is 451 g/mol. The quantitative estimate of drug-likeness (QED) is 0.492. The number of hydrogen-bond acceptors (Lipinski definition) is 5. The molecule has 2 aromatic rings.